The quantitative estimate of drug-likeness (QED) is 0.791. The summed E-state index contributed by atoms with van der Waals surface area (Å²) in [7, 11) is 0. The lowest BCUT2D eigenvalue weighted by molar-refractivity contribution is 0.0696. The van der Waals surface area contributed by atoms with Gasteiger partial charge in [-0.2, -0.15) is 0 Å². The highest BCUT2D eigenvalue weighted by molar-refractivity contribution is 7.99. The monoisotopic (exact) mass is 240 g/mol. The van der Waals surface area contributed by atoms with Crippen molar-refractivity contribution >= 4 is 23.7 Å². The molecule has 2 N–H and O–H groups in total. The predicted octanol–water partition coefficient (Wildman–Crippen LogP) is 2.58. The lowest BCUT2D eigenvalue weighted by Crippen LogP contribution is -2.03. The fraction of sp³-hybridized carbons (Fsp3) is 0.273. The van der Waals surface area contributed by atoms with E-state index < -0.39 is 11.9 Å². The molecule has 1 rings (SSSR count). The third kappa shape index (κ3) is 3.27. The van der Waals surface area contributed by atoms with Crippen molar-refractivity contribution in [2.24, 2.45) is 0 Å². The number of thioether (sulfide) groups is 1. The highest BCUT2D eigenvalue weighted by Gasteiger charge is 2.12. The Kier molecular flexibility index (Phi) is 3.95. The second-order valence-electron chi connectivity index (χ2n) is 3.52. The van der Waals surface area contributed by atoms with E-state index in [4.69, 9.17) is 10.2 Å². The maximum Gasteiger partial charge on any atom is 0.335 e. The van der Waals surface area contributed by atoms with Crippen molar-refractivity contribution in [1.82, 2.24) is 0 Å². The van der Waals surface area contributed by atoms with Crippen LogP contribution in [0.15, 0.2) is 23.1 Å². The average Bonchev–Trinajstić information content (AvgIpc) is 2.15. The lowest BCUT2D eigenvalue weighted by atomic mass is 10.1. The highest BCUT2D eigenvalue weighted by atomic mass is 32.2. The molecule has 86 valence electrons. The molecule has 0 spiro atoms. The minimum Gasteiger partial charge on any atom is -0.478 e. The minimum absolute atomic E-state index is 0.00282. The van der Waals surface area contributed by atoms with Crippen LogP contribution >= 0.6 is 11.8 Å². The van der Waals surface area contributed by atoms with E-state index in [0.717, 1.165) is 6.07 Å². The molecule has 1 aromatic carbocycles. The summed E-state index contributed by atoms with van der Waals surface area (Å²) < 4.78 is 0. The van der Waals surface area contributed by atoms with Gasteiger partial charge in [0.1, 0.15) is 0 Å². The number of hydrogen-bond donors (Lipinski definition) is 2. The smallest absolute Gasteiger partial charge is 0.335 e. The number of rotatable bonds is 4. The van der Waals surface area contributed by atoms with Crippen LogP contribution < -0.4 is 0 Å². The van der Waals surface area contributed by atoms with Crippen LogP contribution in [0, 0.1) is 0 Å². The van der Waals surface area contributed by atoms with E-state index in [-0.39, 0.29) is 16.4 Å². The fourth-order valence-electron chi connectivity index (χ4n) is 1.19. The van der Waals surface area contributed by atoms with Crippen molar-refractivity contribution in [2.45, 2.75) is 24.0 Å². The Bertz CT molecular complexity index is 394. The van der Waals surface area contributed by atoms with Crippen molar-refractivity contribution in [3.8, 4) is 0 Å². The Labute approximate surface area is 97.3 Å². The Morgan fingerprint density at radius 3 is 1.81 bits per heavy atom. The molecule has 0 aliphatic rings. The summed E-state index contributed by atoms with van der Waals surface area (Å²) in [6.07, 6.45) is 0. The number of benzene rings is 1. The minimum atomic E-state index is -1.12. The van der Waals surface area contributed by atoms with Crippen LogP contribution in [-0.2, 0) is 0 Å². The van der Waals surface area contributed by atoms with Crippen molar-refractivity contribution in [1.29, 1.82) is 0 Å². The zero-order valence-electron chi connectivity index (χ0n) is 8.93. The molecule has 0 fully saturated rings. The molecule has 4 nitrogen and oxygen atoms in total. The number of carboxylic acid groups (broad SMARTS) is 2. The third-order valence-corrected chi connectivity index (χ3v) is 2.75. The summed E-state index contributed by atoms with van der Waals surface area (Å²) in [5.74, 6) is -2.23. The van der Waals surface area contributed by atoms with Gasteiger partial charge in [-0.3, -0.25) is 0 Å². The van der Waals surface area contributed by atoms with Crippen molar-refractivity contribution < 1.29 is 19.8 Å². The molecule has 1 aromatic rings. The first-order valence-electron chi connectivity index (χ1n) is 4.68. The van der Waals surface area contributed by atoms with Crippen molar-refractivity contribution in [2.75, 3.05) is 0 Å². The second-order valence-corrected chi connectivity index (χ2v) is 5.17. The summed E-state index contributed by atoms with van der Waals surface area (Å²) in [6.45, 7) is 3.91. The van der Waals surface area contributed by atoms with E-state index in [0.29, 0.717) is 4.90 Å². The van der Waals surface area contributed by atoms with Gasteiger partial charge in [0.25, 0.3) is 0 Å². The van der Waals surface area contributed by atoms with E-state index in [9.17, 15) is 9.59 Å². The molecule has 0 amide bonds. The van der Waals surface area contributed by atoms with E-state index >= 15 is 0 Å². The largest absolute Gasteiger partial charge is 0.478 e. The molecule has 16 heavy (non-hydrogen) atoms. The maximum absolute atomic E-state index is 10.8. The molecule has 0 heterocycles. The first kappa shape index (κ1) is 12.6. The molecule has 0 aliphatic heterocycles. The molecule has 0 atom stereocenters. The molecule has 0 aromatic heterocycles. The summed E-state index contributed by atoms with van der Waals surface area (Å²) in [6, 6.07) is 4.13. The Hall–Kier alpha value is -1.49. The van der Waals surface area contributed by atoms with Gasteiger partial charge < -0.3 is 10.2 Å². The molecule has 0 saturated carbocycles. The fourth-order valence-corrected chi connectivity index (χ4v) is 2.12. The zero-order chi connectivity index (χ0) is 12.3. The van der Waals surface area contributed by atoms with Gasteiger partial charge in [0.2, 0.25) is 0 Å². The van der Waals surface area contributed by atoms with Crippen LogP contribution in [0.2, 0.25) is 0 Å². The molecule has 0 radical (unpaired) electrons. The van der Waals surface area contributed by atoms with Gasteiger partial charge in [0.15, 0.2) is 0 Å². The predicted molar refractivity (Wildman–Crippen MR) is 61.4 cm³/mol. The normalized spacial score (nSPS) is 10.4. The van der Waals surface area contributed by atoms with E-state index in [1.165, 1.54) is 23.9 Å². The maximum atomic E-state index is 10.8. The Morgan fingerprint density at radius 1 is 1.06 bits per heavy atom. The van der Waals surface area contributed by atoms with Crippen molar-refractivity contribution in [3.05, 3.63) is 29.3 Å². The first-order valence-corrected chi connectivity index (χ1v) is 5.56. The first-order chi connectivity index (χ1) is 7.40. The van der Waals surface area contributed by atoms with Crippen LogP contribution in [0.5, 0.6) is 0 Å². The molecular formula is C11H12O4S. The van der Waals surface area contributed by atoms with Crippen LogP contribution in [-0.4, -0.2) is 27.4 Å². The Balaban J connectivity index is 3.18. The van der Waals surface area contributed by atoms with E-state index in [2.05, 4.69) is 0 Å². The standard InChI is InChI=1S/C11H12O4S/c1-6(2)16-9-4-7(10(12)13)3-8(5-9)11(14)15/h3-6H,1-2H3,(H,12,13)(H,14,15). The number of carbonyl (C=O) groups is 2. The van der Waals surface area contributed by atoms with Gasteiger partial charge in [-0.15, -0.1) is 11.8 Å². The van der Waals surface area contributed by atoms with E-state index in [1.54, 1.807) is 0 Å². The van der Waals surface area contributed by atoms with Gasteiger partial charge >= 0.3 is 11.9 Å². The molecule has 0 aliphatic carbocycles. The van der Waals surface area contributed by atoms with Crippen LogP contribution in [0.4, 0.5) is 0 Å². The van der Waals surface area contributed by atoms with Crippen LogP contribution in [0.25, 0.3) is 0 Å². The van der Waals surface area contributed by atoms with E-state index in [1.807, 2.05) is 13.8 Å². The number of aromatic carboxylic acids is 2. The van der Waals surface area contributed by atoms with Gasteiger partial charge in [0.05, 0.1) is 11.1 Å². The summed E-state index contributed by atoms with van der Waals surface area (Å²) in [4.78, 5) is 22.3. The third-order valence-electron chi connectivity index (χ3n) is 1.77. The van der Waals surface area contributed by atoms with Gasteiger partial charge in [-0.05, 0) is 18.2 Å². The zero-order valence-corrected chi connectivity index (χ0v) is 9.75. The van der Waals surface area contributed by atoms with Crippen LogP contribution in [0.3, 0.4) is 0 Å². The van der Waals surface area contributed by atoms with Crippen molar-refractivity contribution in [3.63, 3.8) is 0 Å². The molecule has 5 heteroatoms. The average molecular weight is 240 g/mol. The summed E-state index contributed by atoms with van der Waals surface area (Å²) in [5, 5.41) is 18.0. The topological polar surface area (TPSA) is 74.6 Å². The number of hydrogen-bond acceptors (Lipinski definition) is 3. The van der Waals surface area contributed by atoms with Gasteiger partial charge in [0, 0.05) is 10.1 Å². The van der Waals surface area contributed by atoms with Crippen LogP contribution in [0.1, 0.15) is 34.6 Å². The summed E-state index contributed by atoms with van der Waals surface area (Å²) >= 11 is 1.43. The second kappa shape index (κ2) is 5.03. The Morgan fingerprint density at radius 2 is 1.50 bits per heavy atom. The molecule has 0 saturated heterocycles. The molecular weight excluding hydrogens is 228 g/mol. The van der Waals surface area contributed by atoms with Gasteiger partial charge in [-0.1, -0.05) is 13.8 Å². The highest BCUT2D eigenvalue weighted by Crippen LogP contribution is 2.25. The van der Waals surface area contributed by atoms with Gasteiger partial charge in [-0.25, -0.2) is 9.59 Å². The SMILES string of the molecule is CC(C)Sc1cc(C(=O)O)cc(C(=O)O)c1. The number of carboxylic acids is 2. The molecule has 0 bridgehead atoms. The summed E-state index contributed by atoms with van der Waals surface area (Å²) in [5.41, 5.74) is 0.00565. The lowest BCUT2D eigenvalue weighted by Gasteiger charge is -2.07. The molecule has 0 unspecified atom stereocenters.